The minimum atomic E-state index is 0.316. The number of halogens is 1. The highest BCUT2D eigenvalue weighted by atomic mass is 35.5. The summed E-state index contributed by atoms with van der Waals surface area (Å²) in [6, 6.07) is 8.01. The number of anilines is 1. The second kappa shape index (κ2) is 5.55. The molecule has 1 aliphatic heterocycles. The summed E-state index contributed by atoms with van der Waals surface area (Å²) >= 11 is 6.17. The molecule has 1 aromatic carbocycles. The minimum absolute atomic E-state index is 0.316. The molecule has 0 aromatic heterocycles. The molecular formula is C13H18ClNO. The predicted molar refractivity (Wildman–Crippen MR) is 68.1 cm³/mol. The second-order valence-electron chi connectivity index (χ2n) is 4.39. The van der Waals surface area contributed by atoms with E-state index in [1.807, 2.05) is 18.2 Å². The van der Waals surface area contributed by atoms with Crippen molar-refractivity contribution >= 4 is 17.3 Å². The van der Waals surface area contributed by atoms with Crippen molar-refractivity contribution in [3.8, 4) is 0 Å². The maximum absolute atomic E-state index is 8.91. The predicted octanol–water partition coefficient (Wildman–Crippen LogP) is 2.94. The van der Waals surface area contributed by atoms with Gasteiger partial charge in [-0.25, -0.2) is 0 Å². The van der Waals surface area contributed by atoms with Crippen molar-refractivity contribution in [1.29, 1.82) is 0 Å². The quantitative estimate of drug-likeness (QED) is 0.877. The van der Waals surface area contributed by atoms with Crippen LogP contribution in [0, 0.1) is 5.92 Å². The van der Waals surface area contributed by atoms with Gasteiger partial charge in [0.15, 0.2) is 0 Å². The smallest absolute Gasteiger partial charge is 0.0639 e. The molecule has 1 aromatic rings. The summed E-state index contributed by atoms with van der Waals surface area (Å²) < 4.78 is 0. The van der Waals surface area contributed by atoms with E-state index in [4.69, 9.17) is 16.7 Å². The number of hydrogen-bond donors (Lipinski definition) is 1. The molecule has 2 rings (SSSR count). The second-order valence-corrected chi connectivity index (χ2v) is 4.80. The van der Waals surface area contributed by atoms with E-state index in [1.54, 1.807) is 0 Å². The summed E-state index contributed by atoms with van der Waals surface area (Å²) in [6.45, 7) is 2.42. The number of piperidine rings is 1. The van der Waals surface area contributed by atoms with Gasteiger partial charge < -0.3 is 10.0 Å². The molecule has 1 fully saturated rings. The number of rotatable bonds is 3. The Bertz CT molecular complexity index is 334. The normalized spacial score (nSPS) is 17.8. The fourth-order valence-corrected chi connectivity index (χ4v) is 2.61. The number of aliphatic hydroxyl groups is 1. The van der Waals surface area contributed by atoms with Gasteiger partial charge in [-0.05, 0) is 37.3 Å². The highest BCUT2D eigenvalue weighted by molar-refractivity contribution is 6.33. The molecule has 2 nitrogen and oxygen atoms in total. The Kier molecular flexibility index (Phi) is 4.08. The molecule has 3 heteroatoms. The van der Waals surface area contributed by atoms with Crippen molar-refractivity contribution in [1.82, 2.24) is 0 Å². The van der Waals surface area contributed by atoms with Crippen molar-refractivity contribution in [2.24, 2.45) is 5.92 Å². The Morgan fingerprint density at radius 1 is 1.25 bits per heavy atom. The van der Waals surface area contributed by atoms with E-state index < -0.39 is 0 Å². The minimum Gasteiger partial charge on any atom is -0.396 e. The SMILES string of the molecule is OCCC1CCN(c2ccccc2Cl)CC1. The lowest BCUT2D eigenvalue weighted by Crippen LogP contribution is -2.34. The fraction of sp³-hybridized carbons (Fsp3) is 0.538. The van der Waals surface area contributed by atoms with Gasteiger partial charge in [-0.1, -0.05) is 23.7 Å². The average Bonchev–Trinajstić information content (AvgIpc) is 2.31. The van der Waals surface area contributed by atoms with Gasteiger partial charge in [0.25, 0.3) is 0 Å². The van der Waals surface area contributed by atoms with Gasteiger partial charge >= 0.3 is 0 Å². The van der Waals surface area contributed by atoms with E-state index in [-0.39, 0.29) is 0 Å². The summed E-state index contributed by atoms with van der Waals surface area (Å²) in [5.41, 5.74) is 1.15. The fourth-order valence-electron chi connectivity index (χ4n) is 2.35. The van der Waals surface area contributed by atoms with E-state index >= 15 is 0 Å². The molecule has 1 N–H and O–H groups in total. The van der Waals surface area contributed by atoms with Gasteiger partial charge in [0.2, 0.25) is 0 Å². The van der Waals surface area contributed by atoms with Crippen molar-refractivity contribution in [2.45, 2.75) is 19.3 Å². The summed E-state index contributed by atoms with van der Waals surface area (Å²) in [5, 5.41) is 9.75. The number of hydrogen-bond acceptors (Lipinski definition) is 2. The molecule has 0 bridgehead atoms. The van der Waals surface area contributed by atoms with Crippen LogP contribution >= 0.6 is 11.6 Å². The molecule has 0 unspecified atom stereocenters. The van der Waals surface area contributed by atoms with Crippen molar-refractivity contribution in [2.75, 3.05) is 24.6 Å². The number of benzene rings is 1. The standard InChI is InChI=1S/C13H18ClNO/c14-12-3-1-2-4-13(12)15-8-5-11(6-9-15)7-10-16/h1-4,11,16H,5-10H2. The van der Waals surface area contributed by atoms with Crippen LogP contribution in [0.3, 0.4) is 0 Å². The van der Waals surface area contributed by atoms with Crippen LogP contribution in [-0.2, 0) is 0 Å². The monoisotopic (exact) mass is 239 g/mol. The van der Waals surface area contributed by atoms with E-state index in [2.05, 4.69) is 11.0 Å². The van der Waals surface area contributed by atoms with Crippen LogP contribution in [0.5, 0.6) is 0 Å². The number of nitrogens with zero attached hydrogens (tertiary/aromatic N) is 1. The third-order valence-corrected chi connectivity index (χ3v) is 3.66. The van der Waals surface area contributed by atoms with E-state index in [0.717, 1.165) is 43.1 Å². The van der Waals surface area contributed by atoms with Crippen LogP contribution < -0.4 is 4.90 Å². The molecule has 88 valence electrons. The van der Waals surface area contributed by atoms with Crippen LogP contribution in [0.15, 0.2) is 24.3 Å². The molecule has 0 aliphatic carbocycles. The lowest BCUT2D eigenvalue weighted by atomic mass is 9.93. The largest absolute Gasteiger partial charge is 0.396 e. The summed E-state index contributed by atoms with van der Waals surface area (Å²) in [7, 11) is 0. The van der Waals surface area contributed by atoms with Crippen molar-refractivity contribution < 1.29 is 5.11 Å². The molecular weight excluding hydrogens is 222 g/mol. The van der Waals surface area contributed by atoms with Crippen molar-refractivity contribution in [3.05, 3.63) is 29.3 Å². The lowest BCUT2D eigenvalue weighted by Gasteiger charge is -2.33. The highest BCUT2D eigenvalue weighted by Gasteiger charge is 2.19. The summed E-state index contributed by atoms with van der Waals surface area (Å²) in [4.78, 5) is 2.34. The third-order valence-electron chi connectivity index (χ3n) is 3.35. The number of para-hydroxylation sites is 1. The zero-order valence-corrected chi connectivity index (χ0v) is 10.2. The van der Waals surface area contributed by atoms with Gasteiger partial charge in [-0.3, -0.25) is 0 Å². The molecule has 1 aliphatic rings. The molecule has 0 atom stereocenters. The van der Waals surface area contributed by atoms with Crippen LogP contribution in [0.4, 0.5) is 5.69 Å². The zero-order valence-electron chi connectivity index (χ0n) is 9.40. The maximum Gasteiger partial charge on any atom is 0.0639 e. The summed E-state index contributed by atoms with van der Waals surface area (Å²) in [5.74, 6) is 0.684. The zero-order chi connectivity index (χ0) is 11.4. The molecule has 16 heavy (non-hydrogen) atoms. The van der Waals surface area contributed by atoms with E-state index in [0.29, 0.717) is 12.5 Å². The Morgan fingerprint density at radius 3 is 2.56 bits per heavy atom. The van der Waals surface area contributed by atoms with Crippen LogP contribution in [0.1, 0.15) is 19.3 Å². The van der Waals surface area contributed by atoms with E-state index in [9.17, 15) is 0 Å². The third kappa shape index (κ3) is 2.69. The first-order chi connectivity index (χ1) is 7.81. The first-order valence-electron chi connectivity index (χ1n) is 5.91. The Balaban J connectivity index is 1.96. The summed E-state index contributed by atoms with van der Waals surface area (Å²) in [6.07, 6.45) is 3.26. The average molecular weight is 240 g/mol. The first-order valence-corrected chi connectivity index (χ1v) is 6.29. The van der Waals surface area contributed by atoms with Gasteiger partial charge in [0.1, 0.15) is 0 Å². The van der Waals surface area contributed by atoms with Gasteiger partial charge in [0.05, 0.1) is 10.7 Å². The molecule has 0 spiro atoms. The topological polar surface area (TPSA) is 23.5 Å². The van der Waals surface area contributed by atoms with E-state index in [1.165, 1.54) is 0 Å². The van der Waals surface area contributed by atoms with Gasteiger partial charge in [-0.15, -0.1) is 0 Å². The van der Waals surface area contributed by atoms with Crippen LogP contribution in [0.25, 0.3) is 0 Å². The molecule has 0 amide bonds. The Labute approximate surface area is 102 Å². The van der Waals surface area contributed by atoms with Gasteiger partial charge in [0, 0.05) is 19.7 Å². The van der Waals surface area contributed by atoms with Gasteiger partial charge in [-0.2, -0.15) is 0 Å². The van der Waals surface area contributed by atoms with Crippen LogP contribution in [0.2, 0.25) is 5.02 Å². The molecule has 1 saturated heterocycles. The molecule has 0 radical (unpaired) electrons. The first kappa shape index (κ1) is 11.7. The molecule has 1 heterocycles. The molecule has 0 saturated carbocycles. The van der Waals surface area contributed by atoms with Crippen molar-refractivity contribution in [3.63, 3.8) is 0 Å². The Morgan fingerprint density at radius 2 is 1.94 bits per heavy atom. The highest BCUT2D eigenvalue weighted by Crippen LogP contribution is 2.29. The maximum atomic E-state index is 8.91. The van der Waals surface area contributed by atoms with Crippen LogP contribution in [-0.4, -0.2) is 24.8 Å². The number of aliphatic hydroxyl groups excluding tert-OH is 1. The lowest BCUT2D eigenvalue weighted by molar-refractivity contribution is 0.240. The Hall–Kier alpha value is -0.730.